The molecule has 4 aliphatic rings. The van der Waals surface area contributed by atoms with Crippen LogP contribution in [0.2, 0.25) is 0 Å². The Bertz CT molecular complexity index is 1900. The molecule has 0 radical (unpaired) electrons. The molecule has 12 heteroatoms. The van der Waals surface area contributed by atoms with Gasteiger partial charge in [-0.2, -0.15) is 0 Å². The number of nitrogens with zero attached hydrogens (tertiary/aromatic N) is 6. The van der Waals surface area contributed by atoms with Crippen molar-refractivity contribution in [2.75, 3.05) is 13.1 Å². The van der Waals surface area contributed by atoms with E-state index >= 15 is 0 Å². The molecule has 0 amide bonds. The molecule has 2 aliphatic carbocycles. The first-order valence-corrected chi connectivity index (χ1v) is 18.5. The van der Waals surface area contributed by atoms with Crippen molar-refractivity contribution in [3.8, 4) is 0 Å². The van der Waals surface area contributed by atoms with Crippen molar-refractivity contribution in [3.05, 3.63) is 162 Å². The second-order valence-electron chi connectivity index (χ2n) is 12.7. The van der Waals surface area contributed by atoms with E-state index in [9.17, 15) is 17.2 Å². The first kappa shape index (κ1) is 32.2. The fraction of sp³-hybridized carbons (Fsp3) is 0.333. The van der Waals surface area contributed by atoms with Crippen LogP contribution in [-0.4, -0.2) is 32.0 Å². The van der Waals surface area contributed by atoms with Gasteiger partial charge in [0.2, 0.25) is 0 Å². The van der Waals surface area contributed by atoms with Crippen LogP contribution in [0.15, 0.2) is 95.2 Å². The van der Waals surface area contributed by atoms with Crippen LogP contribution >= 0.6 is 0 Å². The maximum Gasteiger partial charge on any atom is 0.123 e. The highest BCUT2D eigenvalue weighted by Crippen LogP contribution is 2.52. The molecule has 8 atom stereocenters. The molecule has 0 spiro atoms. The Morgan fingerprint density at radius 1 is 0.604 bits per heavy atom. The van der Waals surface area contributed by atoms with Gasteiger partial charge in [-0.15, -0.1) is 0 Å². The number of hydrogen-bond acceptors (Lipinski definition) is 4. The van der Waals surface area contributed by atoms with E-state index in [1.165, 1.54) is 46.5 Å². The van der Waals surface area contributed by atoms with Crippen molar-refractivity contribution in [3.63, 3.8) is 0 Å². The van der Waals surface area contributed by atoms with E-state index in [4.69, 9.17) is 11.1 Å². The van der Waals surface area contributed by atoms with E-state index in [0.717, 1.165) is 35.1 Å². The van der Waals surface area contributed by atoms with Gasteiger partial charge >= 0.3 is 0 Å². The molecule has 0 saturated carbocycles. The van der Waals surface area contributed by atoms with Gasteiger partial charge in [-0.3, -0.25) is 8.42 Å². The molecule has 2 aliphatic heterocycles. The summed E-state index contributed by atoms with van der Waals surface area (Å²) in [6.07, 6.45) is 2.86. The zero-order chi connectivity index (χ0) is 33.4. The molecule has 4 aromatic rings. The highest BCUT2D eigenvalue weighted by molar-refractivity contribution is 7.86. The second kappa shape index (κ2) is 13.6. The molecule has 48 heavy (non-hydrogen) atoms. The molecule has 0 aromatic heterocycles. The Morgan fingerprint density at radius 2 is 1.00 bits per heavy atom. The summed E-state index contributed by atoms with van der Waals surface area (Å²) in [4.78, 5) is 5.61. The van der Waals surface area contributed by atoms with Gasteiger partial charge in [0.15, 0.2) is 0 Å². The monoisotopic (exact) mass is 682 g/mol. The van der Waals surface area contributed by atoms with E-state index in [-0.39, 0.29) is 57.6 Å². The van der Waals surface area contributed by atoms with Gasteiger partial charge in [0, 0.05) is 66.8 Å². The quantitative estimate of drug-likeness (QED) is 0.121. The Kier molecular flexibility index (Phi) is 9.16. The third-order valence-electron chi connectivity index (χ3n) is 10.1. The number of halogens is 2. The predicted molar refractivity (Wildman–Crippen MR) is 183 cm³/mol. The smallest absolute Gasteiger partial charge is 0.123 e. The lowest BCUT2D eigenvalue weighted by Gasteiger charge is -2.19. The van der Waals surface area contributed by atoms with Crippen molar-refractivity contribution in [1.82, 2.24) is 0 Å². The standard InChI is InChI=1S/2C18H16FN3OS/c2*19-13-6-5-12-7-11-3-1-2-4-15(11)17-9-14(10-21-22-20)24(23)18(17)16(12)8-13/h2*1-6,8,14,17-18H,7,9-10H2/t14-,17+,18+,24+;14-,17+,18+,24-/m00/s1. The highest BCUT2D eigenvalue weighted by atomic mass is 32.2. The molecule has 0 unspecified atom stereocenters. The highest BCUT2D eigenvalue weighted by Gasteiger charge is 2.46. The summed E-state index contributed by atoms with van der Waals surface area (Å²) in [5.41, 5.74) is 25.7. The van der Waals surface area contributed by atoms with Crippen molar-refractivity contribution in [1.29, 1.82) is 0 Å². The average molecular weight is 683 g/mol. The number of benzene rings is 4. The van der Waals surface area contributed by atoms with Crippen molar-refractivity contribution in [2.24, 2.45) is 10.2 Å². The van der Waals surface area contributed by atoms with Gasteiger partial charge in [0.25, 0.3) is 0 Å². The molecule has 244 valence electrons. The zero-order valence-electron chi connectivity index (χ0n) is 25.9. The minimum Gasteiger partial charge on any atom is -0.259 e. The molecular weight excluding hydrogens is 651 g/mol. The summed E-state index contributed by atoms with van der Waals surface area (Å²) < 4.78 is 53.9. The van der Waals surface area contributed by atoms with Crippen LogP contribution in [0.4, 0.5) is 8.78 Å². The van der Waals surface area contributed by atoms with Crippen LogP contribution in [0.5, 0.6) is 0 Å². The van der Waals surface area contributed by atoms with E-state index in [1.54, 1.807) is 0 Å². The first-order chi connectivity index (χ1) is 23.4. The lowest BCUT2D eigenvalue weighted by Crippen LogP contribution is -2.15. The van der Waals surface area contributed by atoms with Crippen molar-refractivity contribution in [2.45, 2.75) is 58.5 Å². The van der Waals surface area contributed by atoms with Crippen LogP contribution < -0.4 is 0 Å². The van der Waals surface area contributed by atoms with E-state index in [2.05, 4.69) is 44.3 Å². The lowest BCUT2D eigenvalue weighted by atomic mass is 9.87. The predicted octanol–water partition coefficient (Wildman–Crippen LogP) is 8.77. The minimum absolute atomic E-state index is 0.0731. The summed E-state index contributed by atoms with van der Waals surface area (Å²) in [7, 11) is -2.40. The molecule has 0 bridgehead atoms. The Balaban J connectivity index is 0.000000152. The van der Waals surface area contributed by atoms with E-state index in [1.807, 2.05) is 36.4 Å². The molecule has 2 saturated heterocycles. The van der Waals surface area contributed by atoms with E-state index in [0.29, 0.717) is 12.8 Å². The molecule has 4 aromatic carbocycles. The summed E-state index contributed by atoms with van der Waals surface area (Å²) in [5, 5.41) is 6.42. The third kappa shape index (κ3) is 5.94. The number of hydrogen-bond donors (Lipinski definition) is 0. The Hall–Kier alpha value is -4.34. The van der Waals surface area contributed by atoms with Crippen LogP contribution in [0.25, 0.3) is 20.9 Å². The minimum atomic E-state index is -1.20. The fourth-order valence-corrected chi connectivity index (χ4v) is 12.2. The van der Waals surface area contributed by atoms with Gasteiger partial charge in [0.1, 0.15) is 11.6 Å². The molecule has 0 N–H and O–H groups in total. The maximum absolute atomic E-state index is 13.9. The van der Waals surface area contributed by atoms with Crippen LogP contribution in [-0.2, 0) is 34.4 Å². The second-order valence-corrected chi connectivity index (χ2v) is 16.4. The summed E-state index contributed by atoms with van der Waals surface area (Å²) in [6.45, 7) is 0.450. The summed E-state index contributed by atoms with van der Waals surface area (Å²) in [5.74, 6) is -0.448. The summed E-state index contributed by atoms with van der Waals surface area (Å²) in [6, 6.07) is 26.0. The number of rotatable bonds is 4. The van der Waals surface area contributed by atoms with Crippen LogP contribution in [0, 0.1) is 11.6 Å². The van der Waals surface area contributed by atoms with Crippen molar-refractivity contribution < 1.29 is 17.2 Å². The molecular formula is C36H32F2N6O2S2. The fourth-order valence-electron chi connectivity index (χ4n) is 8.06. The maximum atomic E-state index is 13.9. The number of fused-ring (bicyclic) bond motifs is 10. The molecule has 2 heterocycles. The molecule has 8 nitrogen and oxygen atoms in total. The Morgan fingerprint density at radius 3 is 1.42 bits per heavy atom. The zero-order valence-corrected chi connectivity index (χ0v) is 27.5. The largest absolute Gasteiger partial charge is 0.259 e. The first-order valence-electron chi connectivity index (χ1n) is 15.9. The normalized spacial score (nSPS) is 27.4. The number of azide groups is 2. The SMILES string of the molecule is [N-]=[N+]=NC[C@@H]1C[C@@H]2c3ccccc3Cc3ccc(F)cc3[C@H]2[S@@]1=O.[N-]=[N+]=NC[C@@H]1C[C@@H]2c3ccccc3Cc3ccc(F)cc3[C@H]2[S@]1=O. The average Bonchev–Trinajstić information content (AvgIpc) is 3.50. The lowest BCUT2D eigenvalue weighted by molar-refractivity contribution is 0.612. The summed E-state index contributed by atoms with van der Waals surface area (Å²) >= 11 is 0. The van der Waals surface area contributed by atoms with Crippen molar-refractivity contribution >= 4 is 21.6 Å². The third-order valence-corrected chi connectivity index (χ3v) is 14.3. The van der Waals surface area contributed by atoms with Gasteiger partial charge in [-0.05, 0) is 106 Å². The van der Waals surface area contributed by atoms with Gasteiger partial charge in [0.05, 0.1) is 10.5 Å². The Labute approximate surface area is 281 Å². The van der Waals surface area contributed by atoms with Crippen LogP contribution in [0.1, 0.15) is 79.7 Å². The van der Waals surface area contributed by atoms with Gasteiger partial charge < -0.3 is 0 Å². The van der Waals surface area contributed by atoms with Crippen LogP contribution in [0.3, 0.4) is 0 Å². The molecule has 8 rings (SSSR count). The topological polar surface area (TPSA) is 132 Å². The van der Waals surface area contributed by atoms with Gasteiger partial charge in [-0.1, -0.05) is 70.9 Å². The molecule has 2 fully saturated rings. The van der Waals surface area contributed by atoms with E-state index < -0.39 is 21.6 Å². The van der Waals surface area contributed by atoms with Gasteiger partial charge in [-0.25, -0.2) is 8.78 Å².